The summed E-state index contributed by atoms with van der Waals surface area (Å²) in [6.45, 7) is 3.26. The number of anilines is 1. The van der Waals surface area contributed by atoms with Gasteiger partial charge in [-0.1, -0.05) is 23.2 Å². The van der Waals surface area contributed by atoms with E-state index in [4.69, 9.17) is 23.2 Å². The predicted molar refractivity (Wildman–Crippen MR) is 75.4 cm³/mol. The molecule has 0 bridgehead atoms. The van der Waals surface area contributed by atoms with E-state index in [2.05, 4.69) is 17.1 Å². The second-order valence-electron chi connectivity index (χ2n) is 4.65. The van der Waals surface area contributed by atoms with Crippen LogP contribution in [0.3, 0.4) is 0 Å². The van der Waals surface area contributed by atoms with Crippen molar-refractivity contribution in [1.82, 2.24) is 5.32 Å². The maximum Gasteiger partial charge on any atom is 0.0640 e. The maximum atomic E-state index is 6.25. The Hall–Kier alpha value is -0.440. The Morgan fingerprint density at radius 2 is 2.12 bits per heavy atom. The molecule has 94 valence electrons. The van der Waals surface area contributed by atoms with Gasteiger partial charge in [0.1, 0.15) is 0 Å². The molecule has 0 aliphatic carbocycles. The molecule has 2 unspecified atom stereocenters. The van der Waals surface area contributed by atoms with E-state index < -0.39 is 0 Å². The molecular formula is C13H18Cl2N2. The summed E-state index contributed by atoms with van der Waals surface area (Å²) in [5.41, 5.74) is 1.06. The first-order chi connectivity index (χ1) is 8.11. The zero-order valence-corrected chi connectivity index (χ0v) is 11.7. The van der Waals surface area contributed by atoms with Gasteiger partial charge in [0.2, 0.25) is 0 Å². The Balaban J connectivity index is 2.20. The van der Waals surface area contributed by atoms with E-state index >= 15 is 0 Å². The molecule has 2 atom stereocenters. The summed E-state index contributed by atoms with van der Waals surface area (Å²) in [7, 11) is 2.03. The molecule has 1 heterocycles. The van der Waals surface area contributed by atoms with Gasteiger partial charge in [-0.25, -0.2) is 0 Å². The fourth-order valence-electron chi connectivity index (χ4n) is 2.50. The largest absolute Gasteiger partial charge is 0.367 e. The maximum absolute atomic E-state index is 6.25. The standard InChI is InChI=1S/C13H18Cl2N2/c1-9-7-11(16-2)5-6-17(9)13-8-10(14)3-4-12(13)15/h3-4,8-9,11,16H,5-7H2,1-2H3. The number of rotatable bonds is 2. The van der Waals surface area contributed by atoms with Gasteiger partial charge < -0.3 is 10.2 Å². The Morgan fingerprint density at radius 3 is 2.76 bits per heavy atom. The third-order valence-electron chi connectivity index (χ3n) is 3.50. The lowest BCUT2D eigenvalue weighted by atomic mass is 9.98. The van der Waals surface area contributed by atoms with Gasteiger partial charge in [-0.2, -0.15) is 0 Å². The first kappa shape index (κ1) is 13.0. The Bertz CT molecular complexity index is 395. The summed E-state index contributed by atoms with van der Waals surface area (Å²) in [5, 5.41) is 4.87. The summed E-state index contributed by atoms with van der Waals surface area (Å²) in [5.74, 6) is 0. The summed E-state index contributed by atoms with van der Waals surface area (Å²) in [4.78, 5) is 2.35. The topological polar surface area (TPSA) is 15.3 Å². The van der Waals surface area contributed by atoms with E-state index in [1.165, 1.54) is 0 Å². The van der Waals surface area contributed by atoms with Crippen molar-refractivity contribution in [3.63, 3.8) is 0 Å². The molecule has 0 aromatic heterocycles. The smallest absolute Gasteiger partial charge is 0.0640 e. The van der Waals surface area contributed by atoms with Crippen molar-refractivity contribution >= 4 is 28.9 Å². The summed E-state index contributed by atoms with van der Waals surface area (Å²) in [6, 6.07) is 6.76. The molecule has 1 aromatic carbocycles. The molecule has 0 amide bonds. The third kappa shape index (κ3) is 2.87. The fraction of sp³-hybridized carbons (Fsp3) is 0.538. The van der Waals surface area contributed by atoms with Crippen LogP contribution in [0, 0.1) is 0 Å². The quantitative estimate of drug-likeness (QED) is 0.886. The molecule has 1 aliphatic rings. The van der Waals surface area contributed by atoms with Crippen LogP contribution in [0.15, 0.2) is 18.2 Å². The van der Waals surface area contributed by atoms with Gasteiger partial charge in [0, 0.05) is 23.7 Å². The van der Waals surface area contributed by atoms with E-state index in [0.29, 0.717) is 12.1 Å². The lowest BCUT2D eigenvalue weighted by Crippen LogP contribution is -2.46. The normalized spacial score (nSPS) is 25.1. The van der Waals surface area contributed by atoms with Crippen LogP contribution in [0.5, 0.6) is 0 Å². The second kappa shape index (κ2) is 5.47. The minimum absolute atomic E-state index is 0.483. The highest BCUT2D eigenvalue weighted by Gasteiger charge is 2.25. The number of nitrogens with zero attached hydrogens (tertiary/aromatic N) is 1. The first-order valence-corrected chi connectivity index (χ1v) is 6.76. The van der Waals surface area contributed by atoms with Crippen molar-refractivity contribution in [2.24, 2.45) is 0 Å². The number of benzene rings is 1. The highest BCUT2D eigenvalue weighted by molar-refractivity contribution is 6.35. The van der Waals surface area contributed by atoms with Gasteiger partial charge in [-0.15, -0.1) is 0 Å². The minimum atomic E-state index is 0.483. The molecule has 2 nitrogen and oxygen atoms in total. The summed E-state index contributed by atoms with van der Waals surface area (Å²) < 4.78 is 0. The van der Waals surface area contributed by atoms with Crippen LogP contribution in [0.1, 0.15) is 19.8 Å². The van der Waals surface area contributed by atoms with Crippen molar-refractivity contribution < 1.29 is 0 Å². The number of hydrogen-bond acceptors (Lipinski definition) is 2. The van der Waals surface area contributed by atoms with Gasteiger partial charge >= 0.3 is 0 Å². The van der Waals surface area contributed by atoms with Crippen LogP contribution in [0.25, 0.3) is 0 Å². The lowest BCUT2D eigenvalue weighted by molar-refractivity contribution is 0.387. The first-order valence-electron chi connectivity index (χ1n) is 6.00. The number of nitrogens with one attached hydrogen (secondary N) is 1. The molecule has 17 heavy (non-hydrogen) atoms. The molecule has 2 rings (SSSR count). The fourth-order valence-corrected chi connectivity index (χ4v) is 2.89. The van der Waals surface area contributed by atoms with Crippen LogP contribution in [-0.2, 0) is 0 Å². The molecule has 1 aliphatic heterocycles. The van der Waals surface area contributed by atoms with E-state index in [9.17, 15) is 0 Å². The Labute approximate surface area is 113 Å². The summed E-state index contributed by atoms with van der Waals surface area (Å²) in [6.07, 6.45) is 2.28. The minimum Gasteiger partial charge on any atom is -0.367 e. The van der Waals surface area contributed by atoms with Crippen LogP contribution in [0.2, 0.25) is 10.0 Å². The van der Waals surface area contributed by atoms with E-state index in [-0.39, 0.29) is 0 Å². The zero-order valence-electron chi connectivity index (χ0n) is 10.2. The van der Waals surface area contributed by atoms with Crippen molar-refractivity contribution in [3.8, 4) is 0 Å². The van der Waals surface area contributed by atoms with Crippen LogP contribution >= 0.6 is 23.2 Å². The number of hydrogen-bond donors (Lipinski definition) is 1. The Kier molecular flexibility index (Phi) is 4.18. The molecule has 1 N–H and O–H groups in total. The van der Waals surface area contributed by atoms with Gasteiger partial charge in [-0.05, 0) is 45.0 Å². The zero-order chi connectivity index (χ0) is 12.4. The van der Waals surface area contributed by atoms with Crippen LogP contribution < -0.4 is 10.2 Å². The van der Waals surface area contributed by atoms with E-state index in [1.54, 1.807) is 0 Å². The van der Waals surface area contributed by atoms with Crippen molar-refractivity contribution in [2.75, 3.05) is 18.5 Å². The van der Waals surface area contributed by atoms with E-state index in [0.717, 1.165) is 35.1 Å². The lowest BCUT2D eigenvalue weighted by Gasteiger charge is -2.39. The SMILES string of the molecule is CNC1CCN(c2cc(Cl)ccc2Cl)C(C)C1. The highest BCUT2D eigenvalue weighted by atomic mass is 35.5. The van der Waals surface area contributed by atoms with Gasteiger partial charge in [-0.3, -0.25) is 0 Å². The monoisotopic (exact) mass is 272 g/mol. The average Bonchev–Trinajstić information content (AvgIpc) is 2.32. The molecule has 4 heteroatoms. The highest BCUT2D eigenvalue weighted by Crippen LogP contribution is 2.33. The van der Waals surface area contributed by atoms with Crippen molar-refractivity contribution in [3.05, 3.63) is 28.2 Å². The van der Waals surface area contributed by atoms with Gasteiger partial charge in [0.25, 0.3) is 0 Å². The number of piperidine rings is 1. The van der Waals surface area contributed by atoms with Gasteiger partial charge in [0.05, 0.1) is 10.7 Å². The van der Waals surface area contributed by atoms with Crippen molar-refractivity contribution in [2.45, 2.75) is 31.8 Å². The molecule has 1 saturated heterocycles. The molecule has 0 saturated carbocycles. The summed E-state index contributed by atoms with van der Waals surface area (Å²) >= 11 is 12.3. The number of halogens is 2. The van der Waals surface area contributed by atoms with Crippen LogP contribution in [-0.4, -0.2) is 25.7 Å². The molecule has 1 fully saturated rings. The second-order valence-corrected chi connectivity index (χ2v) is 5.49. The van der Waals surface area contributed by atoms with Gasteiger partial charge in [0.15, 0.2) is 0 Å². The van der Waals surface area contributed by atoms with E-state index in [1.807, 2.05) is 25.2 Å². The molecule has 0 radical (unpaired) electrons. The molecule has 1 aromatic rings. The third-order valence-corrected chi connectivity index (χ3v) is 4.06. The average molecular weight is 273 g/mol. The predicted octanol–water partition coefficient (Wildman–Crippen LogP) is 3.57. The molecule has 0 spiro atoms. The molecular weight excluding hydrogens is 255 g/mol. The van der Waals surface area contributed by atoms with Crippen molar-refractivity contribution in [1.29, 1.82) is 0 Å². The van der Waals surface area contributed by atoms with Crippen LogP contribution in [0.4, 0.5) is 5.69 Å². The Morgan fingerprint density at radius 1 is 1.35 bits per heavy atom.